The summed E-state index contributed by atoms with van der Waals surface area (Å²) in [6.45, 7) is 6.88. The molecule has 1 saturated heterocycles. The summed E-state index contributed by atoms with van der Waals surface area (Å²) in [7, 11) is 0. The van der Waals surface area contributed by atoms with Gasteiger partial charge in [0.05, 0.1) is 11.8 Å². The van der Waals surface area contributed by atoms with Crippen molar-refractivity contribution in [3.63, 3.8) is 0 Å². The fraction of sp³-hybridized carbons (Fsp3) is 0.556. The molecule has 0 saturated carbocycles. The van der Waals surface area contributed by atoms with Gasteiger partial charge in [0, 0.05) is 19.8 Å². The van der Waals surface area contributed by atoms with E-state index < -0.39 is 17.2 Å². The molecule has 1 heterocycles. The zero-order chi connectivity index (χ0) is 17.6. The first-order valence-corrected chi connectivity index (χ1v) is 8.17. The number of oxime groups is 1. The van der Waals surface area contributed by atoms with Crippen LogP contribution in [0.3, 0.4) is 0 Å². The summed E-state index contributed by atoms with van der Waals surface area (Å²) in [5, 5.41) is 12.4. The van der Waals surface area contributed by atoms with Gasteiger partial charge in [-0.25, -0.2) is 4.79 Å². The maximum absolute atomic E-state index is 12.9. The van der Waals surface area contributed by atoms with Gasteiger partial charge in [0.15, 0.2) is 0 Å². The number of benzene rings is 1. The molecule has 1 aromatic carbocycles. The van der Waals surface area contributed by atoms with Gasteiger partial charge in [-0.2, -0.15) is 0 Å². The Morgan fingerprint density at radius 2 is 1.96 bits per heavy atom. The van der Waals surface area contributed by atoms with E-state index in [4.69, 9.17) is 14.7 Å². The second-order valence-electron chi connectivity index (χ2n) is 7.01. The Bertz CT molecular complexity index is 560. The Labute approximate surface area is 143 Å². The number of nitrogens with zero attached hydrogens (tertiary/aromatic N) is 2. The van der Waals surface area contributed by atoms with Crippen LogP contribution in [0.1, 0.15) is 39.2 Å². The lowest BCUT2D eigenvalue weighted by atomic mass is 9.89. The first kappa shape index (κ1) is 18.3. The molecule has 6 heteroatoms. The van der Waals surface area contributed by atoms with Crippen LogP contribution in [-0.2, 0) is 16.0 Å². The number of hydrogen-bond acceptors (Lipinski definition) is 5. The maximum atomic E-state index is 12.9. The van der Waals surface area contributed by atoms with E-state index in [0.717, 1.165) is 5.56 Å². The smallest absolute Gasteiger partial charge is 0.411 e. The Hall–Kier alpha value is -2.08. The molecule has 1 amide bonds. The molecule has 0 radical (unpaired) electrons. The lowest BCUT2D eigenvalue weighted by Gasteiger charge is -2.43. The van der Waals surface area contributed by atoms with Gasteiger partial charge in [0.1, 0.15) is 5.60 Å². The molecule has 0 unspecified atom stereocenters. The predicted octanol–water partition coefficient (Wildman–Crippen LogP) is 3.43. The zero-order valence-electron chi connectivity index (χ0n) is 14.6. The first-order chi connectivity index (χ1) is 11.4. The van der Waals surface area contributed by atoms with Gasteiger partial charge in [0.25, 0.3) is 0 Å². The predicted molar refractivity (Wildman–Crippen MR) is 91.3 cm³/mol. The van der Waals surface area contributed by atoms with Crippen molar-refractivity contribution < 1.29 is 19.5 Å². The molecule has 24 heavy (non-hydrogen) atoms. The van der Waals surface area contributed by atoms with Gasteiger partial charge >= 0.3 is 6.09 Å². The fourth-order valence-electron chi connectivity index (χ4n) is 2.79. The van der Waals surface area contributed by atoms with Crippen LogP contribution in [0.2, 0.25) is 0 Å². The van der Waals surface area contributed by atoms with E-state index in [1.54, 1.807) is 4.90 Å². The van der Waals surface area contributed by atoms with Crippen molar-refractivity contribution in [1.82, 2.24) is 4.90 Å². The second kappa shape index (κ2) is 7.66. The standard InChI is InChI=1S/C18H26N2O4/c1-17(2,3)24-16(21)20(13-15-7-5-4-6-8-15)18(14-19-22)9-11-23-12-10-18/h4-8,14,22H,9-13H2,1-3H3/b19-14+. The van der Waals surface area contributed by atoms with Crippen LogP contribution < -0.4 is 0 Å². The third kappa shape index (κ3) is 4.71. The second-order valence-corrected chi connectivity index (χ2v) is 7.01. The van der Waals surface area contributed by atoms with E-state index in [-0.39, 0.29) is 0 Å². The maximum Gasteiger partial charge on any atom is 0.411 e. The summed E-state index contributed by atoms with van der Waals surface area (Å²) >= 11 is 0. The molecular weight excluding hydrogens is 308 g/mol. The molecule has 0 aromatic heterocycles. The molecule has 1 aromatic rings. The van der Waals surface area contributed by atoms with Crippen LogP contribution in [0.4, 0.5) is 4.79 Å². The van der Waals surface area contributed by atoms with E-state index in [1.165, 1.54) is 6.21 Å². The summed E-state index contributed by atoms with van der Waals surface area (Å²) in [5.41, 5.74) is -0.333. The monoisotopic (exact) mass is 334 g/mol. The number of carbonyl (C=O) groups excluding carboxylic acids is 1. The van der Waals surface area contributed by atoms with Crippen molar-refractivity contribution >= 4 is 12.3 Å². The molecule has 132 valence electrons. The molecular formula is C18H26N2O4. The molecule has 0 aliphatic carbocycles. The minimum absolute atomic E-state index is 0.377. The SMILES string of the molecule is CC(C)(C)OC(=O)N(Cc1ccccc1)C1(/C=N/O)CCOCC1. The molecule has 6 nitrogen and oxygen atoms in total. The summed E-state index contributed by atoms with van der Waals surface area (Å²) in [6.07, 6.45) is 2.13. The highest BCUT2D eigenvalue weighted by molar-refractivity contribution is 5.79. The van der Waals surface area contributed by atoms with Crippen LogP contribution in [0.5, 0.6) is 0 Å². The van der Waals surface area contributed by atoms with Gasteiger partial charge < -0.3 is 14.7 Å². The van der Waals surface area contributed by atoms with E-state index >= 15 is 0 Å². The molecule has 1 aliphatic heterocycles. The number of ether oxygens (including phenoxy) is 2. The third-order valence-corrected chi connectivity index (χ3v) is 3.99. The molecule has 1 N–H and O–H groups in total. The normalized spacial score (nSPS) is 17.6. The lowest BCUT2D eigenvalue weighted by Crippen LogP contribution is -2.56. The van der Waals surface area contributed by atoms with Gasteiger partial charge in [-0.3, -0.25) is 4.90 Å². The Balaban J connectivity index is 2.34. The van der Waals surface area contributed by atoms with Crippen molar-refractivity contribution in [3.8, 4) is 0 Å². The van der Waals surface area contributed by atoms with Crippen LogP contribution >= 0.6 is 0 Å². The third-order valence-electron chi connectivity index (χ3n) is 3.99. The van der Waals surface area contributed by atoms with Crippen LogP contribution in [0.15, 0.2) is 35.5 Å². The molecule has 0 bridgehead atoms. The van der Waals surface area contributed by atoms with Gasteiger partial charge in [-0.05, 0) is 39.2 Å². The highest BCUT2D eigenvalue weighted by Gasteiger charge is 2.42. The highest BCUT2D eigenvalue weighted by atomic mass is 16.6. The fourth-order valence-corrected chi connectivity index (χ4v) is 2.79. The molecule has 1 fully saturated rings. The first-order valence-electron chi connectivity index (χ1n) is 8.17. The summed E-state index contributed by atoms with van der Waals surface area (Å²) in [4.78, 5) is 14.5. The molecule has 1 aliphatic rings. The number of hydrogen-bond donors (Lipinski definition) is 1. The van der Waals surface area contributed by atoms with E-state index in [9.17, 15) is 4.79 Å². The average molecular weight is 334 g/mol. The summed E-state index contributed by atoms with van der Waals surface area (Å²) in [6, 6.07) is 9.71. The topological polar surface area (TPSA) is 71.4 Å². The lowest BCUT2D eigenvalue weighted by molar-refractivity contribution is -0.0235. The number of amides is 1. The van der Waals surface area contributed by atoms with Crippen molar-refractivity contribution in [1.29, 1.82) is 0 Å². The van der Waals surface area contributed by atoms with E-state index in [0.29, 0.717) is 32.6 Å². The zero-order valence-corrected chi connectivity index (χ0v) is 14.6. The van der Waals surface area contributed by atoms with Crippen LogP contribution in [0, 0.1) is 0 Å². The van der Waals surface area contributed by atoms with Crippen molar-refractivity contribution in [2.75, 3.05) is 13.2 Å². The number of rotatable bonds is 4. The Morgan fingerprint density at radius 1 is 1.33 bits per heavy atom. The Morgan fingerprint density at radius 3 is 2.50 bits per heavy atom. The largest absolute Gasteiger partial charge is 0.444 e. The van der Waals surface area contributed by atoms with Crippen LogP contribution in [-0.4, -0.2) is 46.8 Å². The summed E-state index contributed by atoms with van der Waals surface area (Å²) in [5.74, 6) is 0. The van der Waals surface area contributed by atoms with Crippen molar-refractivity contribution in [3.05, 3.63) is 35.9 Å². The van der Waals surface area contributed by atoms with Gasteiger partial charge in [-0.1, -0.05) is 35.5 Å². The van der Waals surface area contributed by atoms with Crippen molar-refractivity contribution in [2.24, 2.45) is 5.16 Å². The van der Waals surface area contributed by atoms with Gasteiger partial charge in [-0.15, -0.1) is 0 Å². The minimum atomic E-state index is -0.717. The van der Waals surface area contributed by atoms with Gasteiger partial charge in [0.2, 0.25) is 0 Å². The summed E-state index contributed by atoms with van der Waals surface area (Å²) < 4.78 is 11.0. The highest BCUT2D eigenvalue weighted by Crippen LogP contribution is 2.30. The average Bonchev–Trinajstić information content (AvgIpc) is 2.53. The quantitative estimate of drug-likeness (QED) is 0.520. The Kier molecular flexibility index (Phi) is 5.83. The molecule has 0 spiro atoms. The van der Waals surface area contributed by atoms with E-state index in [1.807, 2.05) is 51.1 Å². The van der Waals surface area contributed by atoms with Crippen LogP contribution in [0.25, 0.3) is 0 Å². The van der Waals surface area contributed by atoms with E-state index in [2.05, 4.69) is 5.16 Å². The number of carbonyl (C=O) groups is 1. The molecule has 0 atom stereocenters. The minimum Gasteiger partial charge on any atom is -0.444 e. The molecule has 2 rings (SSSR count). The van der Waals surface area contributed by atoms with Crippen molar-refractivity contribution in [2.45, 2.75) is 51.3 Å².